The van der Waals surface area contributed by atoms with Gasteiger partial charge >= 0.3 is 0 Å². The van der Waals surface area contributed by atoms with E-state index in [4.69, 9.17) is 13.9 Å². The Hall–Kier alpha value is -4.41. The second-order valence-corrected chi connectivity index (χ2v) is 11.9. The Bertz CT molecular complexity index is 1920. The highest BCUT2D eigenvalue weighted by Gasteiger charge is 2.24. The predicted molar refractivity (Wildman–Crippen MR) is 168 cm³/mol. The van der Waals surface area contributed by atoms with Crippen molar-refractivity contribution in [2.45, 2.75) is 6.92 Å². The Morgan fingerprint density at radius 3 is 2.33 bits per heavy atom. The minimum Gasteiger partial charge on any atom is -0.483 e. The monoisotopic (exact) mass is 597 g/mol. The molecule has 2 amide bonds. The normalized spacial score (nSPS) is 15.9. The van der Waals surface area contributed by atoms with Gasteiger partial charge in [0.1, 0.15) is 11.3 Å². The van der Waals surface area contributed by atoms with Crippen LogP contribution in [0.2, 0.25) is 0 Å². The average molecular weight is 598 g/mol. The van der Waals surface area contributed by atoms with Crippen LogP contribution in [0.1, 0.15) is 6.92 Å². The van der Waals surface area contributed by atoms with Crippen LogP contribution in [0.5, 0.6) is 5.75 Å². The Morgan fingerprint density at radius 2 is 1.56 bits per heavy atom. The highest BCUT2D eigenvalue weighted by atomic mass is 32.1. The lowest BCUT2D eigenvalue weighted by Crippen LogP contribution is -2.51. The molecule has 7 rings (SSSR count). The van der Waals surface area contributed by atoms with Gasteiger partial charge in [-0.2, -0.15) is 0 Å². The first kappa shape index (κ1) is 27.4. The van der Waals surface area contributed by atoms with Gasteiger partial charge in [-0.15, -0.1) is 11.3 Å². The van der Waals surface area contributed by atoms with Gasteiger partial charge in [0.2, 0.25) is 5.91 Å². The summed E-state index contributed by atoms with van der Waals surface area (Å²) in [6, 6.07) is 19.3. The van der Waals surface area contributed by atoms with Crippen molar-refractivity contribution in [3.63, 3.8) is 0 Å². The van der Waals surface area contributed by atoms with Gasteiger partial charge in [-0.3, -0.25) is 14.4 Å². The van der Waals surface area contributed by atoms with Crippen LogP contribution in [-0.2, 0) is 14.3 Å². The van der Waals surface area contributed by atoms with Crippen molar-refractivity contribution in [2.75, 3.05) is 64.0 Å². The number of amides is 2. The first-order chi connectivity index (χ1) is 21.0. The summed E-state index contributed by atoms with van der Waals surface area (Å²) in [4.78, 5) is 43.4. The molecule has 2 fully saturated rings. The molecule has 0 bridgehead atoms. The van der Waals surface area contributed by atoms with Crippen LogP contribution in [-0.4, -0.2) is 80.7 Å². The van der Waals surface area contributed by atoms with Crippen LogP contribution in [0.4, 0.5) is 5.88 Å². The van der Waals surface area contributed by atoms with Crippen LogP contribution < -0.4 is 15.1 Å². The molecule has 0 saturated carbocycles. The molecule has 220 valence electrons. The van der Waals surface area contributed by atoms with Gasteiger partial charge in [-0.25, -0.2) is 0 Å². The van der Waals surface area contributed by atoms with E-state index in [9.17, 15) is 14.4 Å². The Morgan fingerprint density at radius 1 is 0.860 bits per heavy atom. The Kier molecular flexibility index (Phi) is 7.24. The number of hydrogen-bond acceptors (Lipinski definition) is 8. The molecule has 0 aliphatic carbocycles. The van der Waals surface area contributed by atoms with E-state index >= 15 is 0 Å². The molecule has 9 nitrogen and oxygen atoms in total. The highest BCUT2D eigenvalue weighted by Crippen LogP contribution is 2.44. The summed E-state index contributed by atoms with van der Waals surface area (Å²) >= 11 is 1.65. The Balaban J connectivity index is 1.24. The number of para-hydroxylation sites is 1. The van der Waals surface area contributed by atoms with E-state index in [-0.39, 0.29) is 23.9 Å². The summed E-state index contributed by atoms with van der Waals surface area (Å²) in [6.07, 6.45) is 0. The van der Waals surface area contributed by atoms with Gasteiger partial charge in [-0.1, -0.05) is 36.4 Å². The summed E-state index contributed by atoms with van der Waals surface area (Å²) in [6.45, 7) is 6.09. The van der Waals surface area contributed by atoms with Crippen LogP contribution in [0.25, 0.3) is 42.3 Å². The van der Waals surface area contributed by atoms with Gasteiger partial charge < -0.3 is 28.6 Å². The number of benzene rings is 3. The molecule has 0 atom stereocenters. The molecule has 4 heterocycles. The first-order valence-electron chi connectivity index (χ1n) is 14.5. The largest absolute Gasteiger partial charge is 0.483 e. The zero-order valence-corrected chi connectivity index (χ0v) is 24.7. The van der Waals surface area contributed by atoms with Crippen molar-refractivity contribution in [3.8, 4) is 16.9 Å². The lowest BCUT2D eigenvalue weighted by atomic mass is 10.0. The third-order valence-electron chi connectivity index (χ3n) is 8.27. The molecule has 2 aliphatic rings. The smallest absolute Gasteiger partial charge is 0.260 e. The maximum Gasteiger partial charge on any atom is 0.260 e. The number of carbonyl (C=O) groups is 2. The van der Waals surface area contributed by atoms with Crippen molar-refractivity contribution >= 4 is 60.2 Å². The summed E-state index contributed by atoms with van der Waals surface area (Å²) in [5, 5.41) is 2.51. The maximum absolute atomic E-state index is 13.2. The van der Waals surface area contributed by atoms with Gasteiger partial charge in [0, 0.05) is 83.6 Å². The number of morpholine rings is 1. The predicted octanol–water partition coefficient (Wildman–Crippen LogP) is 4.73. The topological polar surface area (TPSA) is 92.5 Å². The molecule has 2 saturated heterocycles. The number of rotatable bonds is 5. The first-order valence-corrected chi connectivity index (χ1v) is 15.3. The summed E-state index contributed by atoms with van der Waals surface area (Å²) < 4.78 is 20.2. The van der Waals surface area contributed by atoms with Crippen molar-refractivity contribution in [1.29, 1.82) is 0 Å². The zero-order chi connectivity index (χ0) is 29.5. The highest BCUT2D eigenvalue weighted by molar-refractivity contribution is 7.26. The average Bonchev–Trinajstić information content (AvgIpc) is 3.43. The van der Waals surface area contributed by atoms with E-state index in [2.05, 4.69) is 23.1 Å². The minimum atomic E-state index is -0.0951. The second-order valence-electron chi connectivity index (χ2n) is 10.8. The van der Waals surface area contributed by atoms with E-state index in [0.29, 0.717) is 75.1 Å². The van der Waals surface area contributed by atoms with Crippen LogP contribution in [0.3, 0.4) is 0 Å². The van der Waals surface area contributed by atoms with Gasteiger partial charge in [0.05, 0.1) is 18.6 Å². The molecule has 3 aromatic carbocycles. The second kappa shape index (κ2) is 11.3. The molecule has 0 spiro atoms. The lowest BCUT2D eigenvalue weighted by Gasteiger charge is -2.34. The molecule has 10 heteroatoms. The molecular formula is C33H31N3O6S. The van der Waals surface area contributed by atoms with Gasteiger partial charge in [0.15, 0.2) is 17.9 Å². The zero-order valence-electron chi connectivity index (χ0n) is 23.8. The number of piperazine rings is 1. The number of carbonyl (C=O) groups excluding carboxylic acids is 2. The number of nitrogens with zero attached hydrogens (tertiary/aromatic N) is 3. The Labute approximate surface area is 251 Å². The van der Waals surface area contributed by atoms with Crippen molar-refractivity contribution < 1.29 is 23.5 Å². The number of fused-ring (bicyclic) bond motifs is 4. The lowest BCUT2D eigenvalue weighted by molar-refractivity contribution is -0.139. The van der Waals surface area contributed by atoms with Crippen molar-refractivity contribution in [1.82, 2.24) is 9.80 Å². The van der Waals surface area contributed by atoms with E-state index in [1.165, 1.54) is 0 Å². The fourth-order valence-corrected chi connectivity index (χ4v) is 7.21. The van der Waals surface area contributed by atoms with Crippen LogP contribution in [0, 0.1) is 0 Å². The molecule has 2 aromatic heterocycles. The van der Waals surface area contributed by atoms with Crippen LogP contribution >= 0.6 is 11.3 Å². The summed E-state index contributed by atoms with van der Waals surface area (Å²) in [5.41, 5.74) is 2.31. The fourth-order valence-electron chi connectivity index (χ4n) is 5.97. The molecule has 0 radical (unpaired) electrons. The molecule has 0 N–H and O–H groups in total. The molecular weight excluding hydrogens is 566 g/mol. The van der Waals surface area contributed by atoms with Gasteiger partial charge in [0.25, 0.3) is 5.91 Å². The molecule has 0 unspecified atom stereocenters. The number of hydrogen-bond donors (Lipinski definition) is 0. The van der Waals surface area contributed by atoms with Crippen LogP contribution in [0.15, 0.2) is 69.9 Å². The quantitative estimate of drug-likeness (QED) is 0.289. The third kappa shape index (κ3) is 5.10. The standard InChI is InChI=1S/C33H31N3O6S/c1-21(37)34-11-13-35(14-12-34)29(39)20-41-27-9-4-10-28-31(27)25-8-3-6-23(33(25)43-28)22-5-2-7-24-26(38)19-30(42-32(22)24)36-15-17-40-18-16-36/h2-10,19H,11-18,20H2,1H3. The summed E-state index contributed by atoms with van der Waals surface area (Å²) in [7, 11) is 0. The number of anilines is 1. The molecule has 2 aliphatic heterocycles. The van der Waals surface area contributed by atoms with E-state index in [0.717, 1.165) is 31.3 Å². The fraction of sp³-hybridized carbons (Fsp3) is 0.303. The third-order valence-corrected chi connectivity index (χ3v) is 9.47. The summed E-state index contributed by atoms with van der Waals surface area (Å²) in [5.74, 6) is 1.14. The van der Waals surface area contributed by atoms with E-state index in [1.807, 2.05) is 36.4 Å². The molecule has 5 aromatic rings. The van der Waals surface area contributed by atoms with E-state index < -0.39 is 0 Å². The SMILES string of the molecule is CC(=O)N1CCN(C(=O)COc2cccc3sc4c(-c5cccc6c(=O)cc(N7CCOCC7)oc56)cccc4c23)CC1. The molecule has 43 heavy (non-hydrogen) atoms. The van der Waals surface area contributed by atoms with Gasteiger partial charge in [-0.05, 0) is 18.2 Å². The number of ether oxygens (including phenoxy) is 2. The van der Waals surface area contributed by atoms with Crippen molar-refractivity contribution in [2.24, 2.45) is 0 Å². The van der Waals surface area contributed by atoms with Crippen molar-refractivity contribution in [3.05, 3.63) is 70.9 Å². The maximum atomic E-state index is 13.2. The minimum absolute atomic E-state index is 0.0295. The van der Waals surface area contributed by atoms with E-state index in [1.54, 1.807) is 34.1 Å². The number of thiophene rings is 1.